The number of hydrogen-bond donors (Lipinski definition) is 2. The van der Waals surface area contributed by atoms with Gasteiger partial charge in [0.1, 0.15) is 5.00 Å². The fourth-order valence-corrected chi connectivity index (χ4v) is 2.40. The van der Waals surface area contributed by atoms with Crippen molar-refractivity contribution in [3.05, 3.63) is 41.2 Å². The summed E-state index contributed by atoms with van der Waals surface area (Å²) in [6.45, 7) is 1.89. The minimum absolute atomic E-state index is 0.226. The van der Waals surface area contributed by atoms with Gasteiger partial charge < -0.3 is 5.32 Å². The van der Waals surface area contributed by atoms with Crippen LogP contribution in [0.3, 0.4) is 0 Å². The molecule has 1 amide bonds. The minimum atomic E-state index is -0.226. The van der Waals surface area contributed by atoms with E-state index in [1.165, 1.54) is 11.3 Å². The molecule has 0 fully saturated rings. The molecule has 2 heterocycles. The van der Waals surface area contributed by atoms with Crippen molar-refractivity contribution in [2.24, 2.45) is 0 Å². The van der Waals surface area contributed by atoms with Gasteiger partial charge in [0.15, 0.2) is 5.69 Å². The molecule has 0 spiro atoms. The lowest BCUT2D eigenvalue weighted by Crippen LogP contribution is -2.11. The number of nitrogens with zero attached hydrogens (tertiary/aromatic N) is 2. The zero-order valence-electron chi connectivity index (χ0n) is 9.60. The Balaban J connectivity index is 1.92. The number of anilines is 1. The lowest BCUT2D eigenvalue weighted by atomic mass is 10.2. The van der Waals surface area contributed by atoms with Gasteiger partial charge in [0, 0.05) is 5.39 Å². The van der Waals surface area contributed by atoms with Crippen LogP contribution >= 0.6 is 11.3 Å². The second-order valence-corrected chi connectivity index (χ2v) is 5.05. The summed E-state index contributed by atoms with van der Waals surface area (Å²) in [7, 11) is 0. The number of nitrogens with one attached hydrogen (secondary N) is 2. The SMILES string of the molecule is Cc1ncc(NC(=O)c2n[nH]c3ccccc23)s1. The molecule has 3 aromatic rings. The van der Waals surface area contributed by atoms with Crippen molar-refractivity contribution in [2.75, 3.05) is 5.32 Å². The fraction of sp³-hybridized carbons (Fsp3) is 0.0833. The quantitative estimate of drug-likeness (QED) is 0.742. The van der Waals surface area contributed by atoms with E-state index >= 15 is 0 Å². The van der Waals surface area contributed by atoms with E-state index < -0.39 is 0 Å². The number of rotatable bonds is 2. The third-order valence-corrected chi connectivity index (χ3v) is 3.37. The second-order valence-electron chi connectivity index (χ2n) is 3.82. The molecule has 0 atom stereocenters. The fourth-order valence-electron chi connectivity index (χ4n) is 1.73. The van der Waals surface area contributed by atoms with Crippen LogP contribution in [0.2, 0.25) is 0 Å². The lowest BCUT2D eigenvalue weighted by molar-refractivity contribution is 0.102. The predicted molar refractivity (Wildman–Crippen MR) is 70.9 cm³/mol. The third-order valence-electron chi connectivity index (χ3n) is 2.54. The normalized spacial score (nSPS) is 10.7. The van der Waals surface area contributed by atoms with Crippen molar-refractivity contribution < 1.29 is 4.79 Å². The van der Waals surface area contributed by atoms with E-state index in [-0.39, 0.29) is 5.91 Å². The van der Waals surface area contributed by atoms with Gasteiger partial charge >= 0.3 is 0 Å². The average molecular weight is 258 g/mol. The molecule has 2 N–H and O–H groups in total. The van der Waals surface area contributed by atoms with E-state index in [0.717, 1.165) is 20.9 Å². The smallest absolute Gasteiger partial charge is 0.277 e. The van der Waals surface area contributed by atoms with Crippen LogP contribution in [0.25, 0.3) is 10.9 Å². The summed E-state index contributed by atoms with van der Waals surface area (Å²) in [6.07, 6.45) is 1.65. The van der Waals surface area contributed by atoms with Crippen LogP contribution in [0.15, 0.2) is 30.5 Å². The Hall–Kier alpha value is -2.21. The first-order valence-corrected chi connectivity index (χ1v) is 6.22. The molecule has 0 unspecified atom stereocenters. The van der Waals surface area contributed by atoms with E-state index in [1.807, 2.05) is 31.2 Å². The molecule has 5 nitrogen and oxygen atoms in total. The van der Waals surface area contributed by atoms with Crippen molar-refractivity contribution in [3.63, 3.8) is 0 Å². The molecular weight excluding hydrogens is 248 g/mol. The first-order chi connectivity index (χ1) is 8.74. The maximum Gasteiger partial charge on any atom is 0.277 e. The third kappa shape index (κ3) is 1.86. The average Bonchev–Trinajstić information content (AvgIpc) is 2.95. The molecule has 0 aliphatic carbocycles. The zero-order chi connectivity index (χ0) is 12.5. The van der Waals surface area contributed by atoms with Gasteiger partial charge in [-0.15, -0.1) is 11.3 Å². The molecule has 6 heteroatoms. The summed E-state index contributed by atoms with van der Waals surface area (Å²) in [4.78, 5) is 16.2. The first-order valence-electron chi connectivity index (χ1n) is 5.41. The number of aromatic amines is 1. The molecule has 0 saturated heterocycles. The second kappa shape index (κ2) is 4.23. The number of aromatic nitrogens is 3. The molecule has 0 aliphatic heterocycles. The number of fused-ring (bicyclic) bond motifs is 1. The number of amides is 1. The Morgan fingerprint density at radius 3 is 3.00 bits per heavy atom. The molecule has 90 valence electrons. The number of carbonyl (C=O) groups excluding carboxylic acids is 1. The van der Waals surface area contributed by atoms with Crippen molar-refractivity contribution >= 4 is 33.1 Å². The molecule has 0 aliphatic rings. The molecule has 2 aromatic heterocycles. The van der Waals surface area contributed by atoms with Crippen molar-refractivity contribution in [3.8, 4) is 0 Å². The van der Waals surface area contributed by atoms with E-state index in [9.17, 15) is 4.79 Å². The van der Waals surface area contributed by atoms with E-state index in [0.29, 0.717) is 5.69 Å². The summed E-state index contributed by atoms with van der Waals surface area (Å²) in [5.74, 6) is -0.226. The standard InChI is InChI=1S/C12H10N4OS/c1-7-13-6-10(18-7)14-12(17)11-8-4-2-3-5-9(8)15-16-11/h2-6H,1H3,(H,14,17)(H,15,16). The van der Waals surface area contributed by atoms with Crippen LogP contribution in [0.4, 0.5) is 5.00 Å². The highest BCUT2D eigenvalue weighted by Crippen LogP contribution is 2.20. The summed E-state index contributed by atoms with van der Waals surface area (Å²) in [5, 5.41) is 12.1. The number of para-hydroxylation sites is 1. The van der Waals surface area contributed by atoms with E-state index in [1.54, 1.807) is 6.20 Å². The van der Waals surface area contributed by atoms with Gasteiger partial charge in [-0.05, 0) is 13.0 Å². The molecule has 1 aromatic carbocycles. The highest BCUT2D eigenvalue weighted by atomic mass is 32.1. The highest BCUT2D eigenvalue weighted by molar-refractivity contribution is 7.15. The molecular formula is C12H10N4OS. The summed E-state index contributed by atoms with van der Waals surface area (Å²) in [5.41, 5.74) is 1.25. The summed E-state index contributed by atoms with van der Waals surface area (Å²) < 4.78 is 0. The predicted octanol–water partition coefficient (Wildman–Crippen LogP) is 2.58. The van der Waals surface area contributed by atoms with Gasteiger partial charge in [0.2, 0.25) is 0 Å². The first kappa shape index (κ1) is 10.9. The van der Waals surface area contributed by atoms with Crippen LogP contribution in [0, 0.1) is 6.92 Å². The van der Waals surface area contributed by atoms with E-state index in [4.69, 9.17) is 0 Å². The van der Waals surface area contributed by atoms with Crippen molar-refractivity contribution in [1.29, 1.82) is 0 Å². The molecule has 18 heavy (non-hydrogen) atoms. The van der Waals surface area contributed by atoms with Gasteiger partial charge in [-0.25, -0.2) is 4.98 Å². The monoisotopic (exact) mass is 258 g/mol. The van der Waals surface area contributed by atoms with Crippen molar-refractivity contribution in [1.82, 2.24) is 15.2 Å². The number of H-pyrrole nitrogens is 1. The Morgan fingerprint density at radius 2 is 2.22 bits per heavy atom. The van der Waals surface area contributed by atoms with Gasteiger partial charge in [-0.3, -0.25) is 9.89 Å². The number of aryl methyl sites for hydroxylation is 1. The maximum atomic E-state index is 12.1. The van der Waals surface area contributed by atoms with Crippen LogP contribution < -0.4 is 5.32 Å². The maximum absolute atomic E-state index is 12.1. The topological polar surface area (TPSA) is 70.7 Å². The molecule has 0 bridgehead atoms. The van der Waals surface area contributed by atoms with Gasteiger partial charge in [0.05, 0.1) is 16.7 Å². The number of carbonyl (C=O) groups is 1. The van der Waals surface area contributed by atoms with Gasteiger partial charge in [-0.2, -0.15) is 5.10 Å². The highest BCUT2D eigenvalue weighted by Gasteiger charge is 2.14. The zero-order valence-corrected chi connectivity index (χ0v) is 10.4. The van der Waals surface area contributed by atoms with Crippen LogP contribution in [0.5, 0.6) is 0 Å². The number of thiazole rings is 1. The van der Waals surface area contributed by atoms with Gasteiger partial charge in [0.25, 0.3) is 5.91 Å². The van der Waals surface area contributed by atoms with Crippen LogP contribution in [-0.4, -0.2) is 21.1 Å². The Bertz CT molecular complexity index is 716. The molecule has 3 rings (SSSR count). The summed E-state index contributed by atoms with van der Waals surface area (Å²) in [6, 6.07) is 7.53. The Morgan fingerprint density at radius 1 is 1.39 bits per heavy atom. The Labute approximate surface area is 107 Å². The number of benzene rings is 1. The molecule has 0 saturated carbocycles. The molecule has 0 radical (unpaired) electrons. The van der Waals surface area contributed by atoms with Crippen LogP contribution in [0.1, 0.15) is 15.5 Å². The lowest BCUT2D eigenvalue weighted by Gasteiger charge is -1.98. The number of hydrogen-bond acceptors (Lipinski definition) is 4. The minimum Gasteiger partial charge on any atom is -0.311 e. The van der Waals surface area contributed by atoms with Gasteiger partial charge in [-0.1, -0.05) is 18.2 Å². The Kier molecular flexibility index (Phi) is 2.56. The largest absolute Gasteiger partial charge is 0.311 e. The van der Waals surface area contributed by atoms with E-state index in [2.05, 4.69) is 20.5 Å². The van der Waals surface area contributed by atoms with Crippen LogP contribution in [-0.2, 0) is 0 Å². The van der Waals surface area contributed by atoms with Crippen molar-refractivity contribution in [2.45, 2.75) is 6.92 Å². The summed E-state index contributed by atoms with van der Waals surface area (Å²) >= 11 is 1.44.